The summed E-state index contributed by atoms with van der Waals surface area (Å²) in [5.41, 5.74) is 0.611. The molecule has 0 spiro atoms. The van der Waals surface area contributed by atoms with Crippen molar-refractivity contribution in [3.05, 3.63) is 54.0 Å². The third-order valence-electron chi connectivity index (χ3n) is 3.67. The third kappa shape index (κ3) is 1.73. The Balaban J connectivity index is 2.23. The molecule has 3 rings (SSSR count). The minimum absolute atomic E-state index is 0.330. The van der Waals surface area contributed by atoms with Gasteiger partial charge >= 0.3 is 0 Å². The molecule has 0 saturated heterocycles. The van der Waals surface area contributed by atoms with E-state index in [0.717, 1.165) is 5.39 Å². The molecule has 0 bridgehead atoms. The zero-order chi connectivity index (χ0) is 14.4. The molecule has 2 heterocycles. The lowest BCUT2D eigenvalue weighted by atomic mass is 10.0. The predicted molar refractivity (Wildman–Crippen MR) is 80.1 cm³/mol. The fraction of sp³-hybridized carbons (Fsp3) is 0.214. The van der Waals surface area contributed by atoms with Crippen LogP contribution in [-0.4, -0.2) is 22.1 Å². The van der Waals surface area contributed by atoms with Crippen molar-refractivity contribution < 1.29 is 8.42 Å². The highest BCUT2D eigenvalue weighted by molar-refractivity contribution is 7.91. The van der Waals surface area contributed by atoms with Crippen molar-refractivity contribution in [1.82, 2.24) is 8.96 Å². The van der Waals surface area contributed by atoms with E-state index in [2.05, 4.69) is 4.98 Å². The number of hydrogen-bond acceptors (Lipinski definition) is 3. The number of aromatic nitrogens is 2. The van der Waals surface area contributed by atoms with Crippen molar-refractivity contribution in [2.45, 2.75) is 18.1 Å². The Morgan fingerprint density at radius 1 is 1.40 bits per heavy atom. The average molecular weight is 309 g/mol. The van der Waals surface area contributed by atoms with E-state index in [-0.39, 0.29) is 0 Å². The molecule has 1 atom stereocenters. The van der Waals surface area contributed by atoms with Crippen LogP contribution < -0.4 is 0 Å². The highest BCUT2D eigenvalue weighted by Crippen LogP contribution is 2.38. The van der Waals surface area contributed by atoms with E-state index in [1.165, 1.54) is 3.97 Å². The van der Waals surface area contributed by atoms with Crippen LogP contribution in [0.15, 0.2) is 54.0 Å². The summed E-state index contributed by atoms with van der Waals surface area (Å²) in [4.78, 5) is 4.00. The summed E-state index contributed by atoms with van der Waals surface area (Å²) in [6, 6.07) is 3.42. The molecule has 2 aromatic rings. The Kier molecular flexibility index (Phi) is 2.99. The fourth-order valence-corrected chi connectivity index (χ4v) is 4.48. The van der Waals surface area contributed by atoms with E-state index in [1.54, 1.807) is 49.8 Å². The van der Waals surface area contributed by atoms with Gasteiger partial charge in [0.2, 0.25) is 10.0 Å². The number of rotatable bonds is 2. The van der Waals surface area contributed by atoms with Gasteiger partial charge in [0.1, 0.15) is 4.75 Å². The molecule has 6 heteroatoms. The molecule has 0 N–H and O–H groups in total. The van der Waals surface area contributed by atoms with Gasteiger partial charge in [-0.1, -0.05) is 23.8 Å². The summed E-state index contributed by atoms with van der Waals surface area (Å²) < 4.78 is 26.1. The molecule has 2 aromatic heterocycles. The van der Waals surface area contributed by atoms with Crippen LogP contribution in [0, 0.1) is 0 Å². The van der Waals surface area contributed by atoms with Gasteiger partial charge in [0, 0.05) is 29.0 Å². The molecule has 1 aliphatic rings. The largest absolute Gasteiger partial charge is 0.264 e. The molecule has 0 radical (unpaired) electrons. The van der Waals surface area contributed by atoms with E-state index < -0.39 is 14.8 Å². The summed E-state index contributed by atoms with van der Waals surface area (Å²) in [5.74, 6) is 0. The molecular formula is C14H13ClN2O2S. The Morgan fingerprint density at radius 3 is 2.95 bits per heavy atom. The second kappa shape index (κ2) is 4.46. The van der Waals surface area contributed by atoms with Crippen LogP contribution in [0.2, 0.25) is 0 Å². The molecule has 104 valence electrons. The van der Waals surface area contributed by atoms with Crippen LogP contribution in [0.3, 0.4) is 0 Å². The summed E-state index contributed by atoms with van der Waals surface area (Å²) in [7, 11) is -3.66. The zero-order valence-corrected chi connectivity index (χ0v) is 12.4. The van der Waals surface area contributed by atoms with E-state index in [1.807, 2.05) is 6.08 Å². The van der Waals surface area contributed by atoms with Gasteiger partial charge < -0.3 is 0 Å². The van der Waals surface area contributed by atoms with Gasteiger partial charge in [0.05, 0.1) is 5.52 Å². The number of nitrogens with zero attached hydrogens (tertiary/aromatic N) is 2. The summed E-state index contributed by atoms with van der Waals surface area (Å²) in [5, 5.41) is 1.11. The summed E-state index contributed by atoms with van der Waals surface area (Å²) in [6.45, 7) is 1.65. The van der Waals surface area contributed by atoms with E-state index in [0.29, 0.717) is 17.0 Å². The molecule has 1 aliphatic carbocycles. The van der Waals surface area contributed by atoms with Crippen LogP contribution >= 0.6 is 11.6 Å². The second-order valence-corrected chi connectivity index (χ2v) is 7.58. The molecule has 1 unspecified atom stereocenters. The molecule has 0 saturated carbocycles. The van der Waals surface area contributed by atoms with Gasteiger partial charge in [-0.15, -0.1) is 0 Å². The van der Waals surface area contributed by atoms with Crippen LogP contribution in [0.4, 0.5) is 0 Å². The molecule has 0 aliphatic heterocycles. The Bertz CT molecular complexity index is 836. The van der Waals surface area contributed by atoms with Crippen LogP contribution in [0.25, 0.3) is 10.9 Å². The van der Waals surface area contributed by atoms with Crippen molar-refractivity contribution in [1.29, 1.82) is 0 Å². The highest BCUT2D eigenvalue weighted by Gasteiger charge is 2.43. The van der Waals surface area contributed by atoms with E-state index >= 15 is 0 Å². The van der Waals surface area contributed by atoms with Crippen molar-refractivity contribution >= 4 is 32.5 Å². The zero-order valence-electron chi connectivity index (χ0n) is 10.8. The first-order valence-electron chi connectivity index (χ1n) is 6.16. The molecule has 0 aromatic carbocycles. The molecule has 0 fully saturated rings. The smallest absolute Gasteiger partial charge is 0.249 e. The van der Waals surface area contributed by atoms with Gasteiger partial charge in [-0.05, 0) is 31.6 Å². The third-order valence-corrected chi connectivity index (χ3v) is 6.69. The standard InChI is InChI=1S/C14H13ClN2O2S/c1-14(7-3-2-4-13(14)15)20(18,19)17-9-6-11-10-16-8-5-12(11)17/h2-6,8-10H,7H2,1H3. The van der Waals surface area contributed by atoms with Gasteiger partial charge in [0.25, 0.3) is 0 Å². The minimum atomic E-state index is -3.66. The maximum Gasteiger partial charge on any atom is 0.249 e. The van der Waals surface area contributed by atoms with Gasteiger partial charge in [-0.25, -0.2) is 12.4 Å². The fourth-order valence-electron chi connectivity index (χ4n) is 2.33. The lowest BCUT2D eigenvalue weighted by Gasteiger charge is -2.30. The first kappa shape index (κ1) is 13.4. The Labute approximate surface area is 122 Å². The molecule has 0 amide bonds. The van der Waals surface area contributed by atoms with Crippen LogP contribution in [0.1, 0.15) is 13.3 Å². The Hall–Kier alpha value is -1.59. The first-order valence-corrected chi connectivity index (χ1v) is 7.98. The number of hydrogen-bond donors (Lipinski definition) is 0. The van der Waals surface area contributed by atoms with Crippen molar-refractivity contribution in [2.75, 3.05) is 0 Å². The minimum Gasteiger partial charge on any atom is -0.264 e. The average Bonchev–Trinajstić information content (AvgIpc) is 2.86. The van der Waals surface area contributed by atoms with E-state index in [9.17, 15) is 8.42 Å². The maximum atomic E-state index is 13.0. The van der Waals surface area contributed by atoms with Gasteiger partial charge in [-0.3, -0.25) is 4.98 Å². The normalized spacial score (nSPS) is 23.0. The van der Waals surface area contributed by atoms with Crippen LogP contribution in [0.5, 0.6) is 0 Å². The van der Waals surface area contributed by atoms with Crippen molar-refractivity contribution in [3.63, 3.8) is 0 Å². The van der Waals surface area contributed by atoms with Crippen molar-refractivity contribution in [2.24, 2.45) is 0 Å². The summed E-state index contributed by atoms with van der Waals surface area (Å²) >= 11 is 6.18. The highest BCUT2D eigenvalue weighted by atomic mass is 35.5. The number of fused-ring (bicyclic) bond motifs is 1. The van der Waals surface area contributed by atoms with Crippen LogP contribution in [-0.2, 0) is 10.0 Å². The van der Waals surface area contributed by atoms with E-state index in [4.69, 9.17) is 11.6 Å². The molecular weight excluding hydrogens is 296 g/mol. The topological polar surface area (TPSA) is 52.0 Å². The Morgan fingerprint density at radius 2 is 2.20 bits per heavy atom. The predicted octanol–water partition coefficient (Wildman–Crippen LogP) is 3.06. The van der Waals surface area contributed by atoms with Gasteiger partial charge in [0.15, 0.2) is 0 Å². The number of halogens is 1. The lowest BCUT2D eigenvalue weighted by molar-refractivity contribution is 0.552. The molecule has 20 heavy (non-hydrogen) atoms. The quantitative estimate of drug-likeness (QED) is 0.857. The second-order valence-electron chi connectivity index (χ2n) is 4.93. The van der Waals surface area contributed by atoms with Crippen molar-refractivity contribution in [3.8, 4) is 0 Å². The number of pyridine rings is 1. The lowest BCUT2D eigenvalue weighted by Crippen LogP contribution is -2.40. The number of allylic oxidation sites excluding steroid dienone is 3. The SMILES string of the molecule is CC1(S(=O)(=O)n2ccc3cnccc32)CC=CC=C1Cl. The monoisotopic (exact) mass is 308 g/mol. The summed E-state index contributed by atoms with van der Waals surface area (Å²) in [6.07, 6.45) is 10.4. The molecule has 4 nitrogen and oxygen atoms in total. The first-order chi connectivity index (χ1) is 9.47. The maximum absolute atomic E-state index is 13.0. The van der Waals surface area contributed by atoms with Gasteiger partial charge in [-0.2, -0.15) is 0 Å².